The van der Waals surface area contributed by atoms with Crippen LogP contribution in [-0.2, 0) is 19.3 Å². The summed E-state index contributed by atoms with van der Waals surface area (Å²) in [6.45, 7) is 4.61. The van der Waals surface area contributed by atoms with Gasteiger partial charge in [-0.3, -0.25) is 0 Å². The van der Waals surface area contributed by atoms with E-state index in [2.05, 4.69) is 15.0 Å². The van der Waals surface area contributed by atoms with Crippen molar-refractivity contribution in [3.8, 4) is 28.5 Å². The van der Waals surface area contributed by atoms with E-state index in [1.165, 1.54) is 25.4 Å². The first kappa shape index (κ1) is 36.5. The average Bonchev–Trinajstić information content (AvgIpc) is 3.36. The van der Waals surface area contributed by atoms with Crippen LogP contribution in [0.25, 0.3) is 22.2 Å². The Balaban J connectivity index is 1.38. The molecular weight excluding hydrogens is 719 g/mol. The first-order chi connectivity index (χ1) is 26.0. The Morgan fingerprint density at radius 1 is 0.944 bits per heavy atom. The highest BCUT2D eigenvalue weighted by Crippen LogP contribution is 2.49. The van der Waals surface area contributed by atoms with Crippen molar-refractivity contribution in [1.29, 1.82) is 0 Å². The van der Waals surface area contributed by atoms with Crippen LogP contribution in [0.4, 0.5) is 30.6 Å². The Morgan fingerprint density at radius 3 is 2.19 bits per heavy atom. The van der Waals surface area contributed by atoms with Crippen LogP contribution in [-0.4, -0.2) is 47.3 Å². The molecule has 14 heteroatoms. The molecule has 4 heterocycles. The van der Waals surface area contributed by atoms with Crippen LogP contribution in [0, 0.1) is 6.92 Å². The number of nitrogens with two attached hydrogens (primary N) is 1. The number of methoxy groups -OCH3 is 2. The molecule has 54 heavy (non-hydrogen) atoms. The molecule has 0 unspecified atom stereocenters. The second-order valence-electron chi connectivity index (χ2n) is 12.9. The van der Waals surface area contributed by atoms with E-state index < -0.39 is 11.7 Å². The van der Waals surface area contributed by atoms with Crippen LogP contribution in [0.2, 0.25) is 5.02 Å². The van der Waals surface area contributed by atoms with Crippen LogP contribution in [0.3, 0.4) is 0 Å². The first-order valence-electron chi connectivity index (χ1n) is 17.1. The van der Waals surface area contributed by atoms with Gasteiger partial charge in [-0.1, -0.05) is 41.9 Å². The number of nitrogen functional groups attached to an aromatic ring is 1. The number of halogens is 4. The van der Waals surface area contributed by atoms with E-state index in [9.17, 15) is 0 Å². The Bertz CT molecular complexity index is 2260. The van der Waals surface area contributed by atoms with E-state index in [4.69, 9.17) is 36.5 Å². The van der Waals surface area contributed by atoms with Crippen molar-refractivity contribution in [2.45, 2.75) is 39.2 Å². The Hall–Kier alpha value is -5.82. The standard InChI is InChI=1S/C40H37ClF3N7O3/c1-23-18-32(50(20-25-7-11-27(52-3)12-8-25)21-26-9-13-28(53-4)14-10-26)49-36(34(23)40(42,43)44)30-19-31-33-37(35(30)41)54-17-16-51(39(33)48-22-47-31)24(2)29-6-5-15-46-38(29)45/h5-15,18-19,22,24H,16-17,20-21H2,1-4H3,(H2,45,46)/t24-/m0/s1. The monoisotopic (exact) mass is 755 g/mol. The lowest BCUT2D eigenvalue weighted by Crippen LogP contribution is -2.31. The molecule has 6 aromatic rings. The number of benzene rings is 3. The van der Waals surface area contributed by atoms with E-state index in [1.807, 2.05) is 71.3 Å². The number of aromatic nitrogens is 4. The third kappa shape index (κ3) is 7.11. The van der Waals surface area contributed by atoms with Crippen molar-refractivity contribution in [1.82, 2.24) is 19.9 Å². The molecule has 1 aliphatic rings. The maximum atomic E-state index is 15.1. The maximum Gasteiger partial charge on any atom is 0.418 e. The zero-order valence-corrected chi connectivity index (χ0v) is 30.7. The van der Waals surface area contributed by atoms with Gasteiger partial charge in [-0.05, 0) is 73.0 Å². The van der Waals surface area contributed by atoms with Gasteiger partial charge >= 0.3 is 6.18 Å². The van der Waals surface area contributed by atoms with E-state index >= 15 is 13.2 Å². The van der Waals surface area contributed by atoms with E-state index in [-0.39, 0.29) is 40.2 Å². The van der Waals surface area contributed by atoms with Crippen molar-refractivity contribution in [3.05, 3.63) is 118 Å². The molecule has 0 fully saturated rings. The zero-order chi connectivity index (χ0) is 38.1. The summed E-state index contributed by atoms with van der Waals surface area (Å²) in [5.41, 5.74) is 7.95. The number of ether oxygens (including phenoxy) is 3. The van der Waals surface area contributed by atoms with Gasteiger partial charge in [0.1, 0.15) is 41.9 Å². The molecule has 3 aromatic heterocycles. The fourth-order valence-electron chi connectivity index (χ4n) is 6.85. The van der Waals surface area contributed by atoms with Gasteiger partial charge in [0, 0.05) is 30.4 Å². The number of alkyl halides is 3. The number of aryl methyl sites for hydroxylation is 1. The molecule has 0 saturated heterocycles. The summed E-state index contributed by atoms with van der Waals surface area (Å²) in [5, 5.41) is 0.445. The smallest absolute Gasteiger partial charge is 0.418 e. The van der Waals surface area contributed by atoms with Gasteiger partial charge in [-0.15, -0.1) is 0 Å². The van der Waals surface area contributed by atoms with Crippen LogP contribution >= 0.6 is 11.6 Å². The zero-order valence-electron chi connectivity index (χ0n) is 30.0. The summed E-state index contributed by atoms with van der Waals surface area (Å²) in [5.74, 6) is 2.76. The molecule has 2 N–H and O–H groups in total. The van der Waals surface area contributed by atoms with Gasteiger partial charge in [0.2, 0.25) is 0 Å². The average molecular weight is 756 g/mol. The van der Waals surface area contributed by atoms with Crippen molar-refractivity contribution in [2.24, 2.45) is 0 Å². The molecule has 0 saturated carbocycles. The van der Waals surface area contributed by atoms with Gasteiger partial charge in [-0.2, -0.15) is 13.2 Å². The number of rotatable bonds is 10. The first-order valence-corrected chi connectivity index (χ1v) is 17.5. The molecule has 0 radical (unpaired) electrons. The molecule has 1 aliphatic heterocycles. The predicted octanol–water partition coefficient (Wildman–Crippen LogP) is 8.83. The molecule has 0 spiro atoms. The lowest BCUT2D eigenvalue weighted by atomic mass is 9.98. The van der Waals surface area contributed by atoms with E-state index in [1.54, 1.807) is 26.5 Å². The van der Waals surface area contributed by atoms with E-state index in [0.29, 0.717) is 59.5 Å². The van der Waals surface area contributed by atoms with Gasteiger partial charge in [0.15, 0.2) is 5.75 Å². The molecule has 278 valence electrons. The normalized spacial score (nSPS) is 13.3. The number of pyridine rings is 2. The fourth-order valence-corrected chi connectivity index (χ4v) is 7.14. The van der Waals surface area contributed by atoms with Gasteiger partial charge in [0.25, 0.3) is 0 Å². The van der Waals surface area contributed by atoms with Gasteiger partial charge < -0.3 is 29.7 Å². The van der Waals surface area contributed by atoms with Crippen LogP contribution in [0.5, 0.6) is 17.2 Å². The fraction of sp³-hybridized carbons (Fsp3) is 0.250. The number of nitrogens with zero attached hydrogens (tertiary/aromatic N) is 6. The molecule has 7 rings (SSSR count). The topological polar surface area (TPSA) is 112 Å². The van der Waals surface area contributed by atoms with E-state index in [0.717, 1.165) is 16.7 Å². The van der Waals surface area contributed by atoms with Crippen molar-refractivity contribution < 1.29 is 27.4 Å². The van der Waals surface area contributed by atoms with Crippen molar-refractivity contribution >= 4 is 40.0 Å². The number of hydrogen-bond acceptors (Lipinski definition) is 10. The number of hydrogen-bond donors (Lipinski definition) is 1. The van der Waals surface area contributed by atoms with Gasteiger partial charge in [-0.25, -0.2) is 19.9 Å². The molecule has 0 aliphatic carbocycles. The largest absolute Gasteiger partial charge is 0.497 e. The summed E-state index contributed by atoms with van der Waals surface area (Å²) in [6, 6.07) is 21.4. The molecule has 10 nitrogen and oxygen atoms in total. The lowest BCUT2D eigenvalue weighted by Gasteiger charge is -2.30. The van der Waals surface area contributed by atoms with Crippen LogP contribution < -0.4 is 29.7 Å². The SMILES string of the molecule is COc1ccc(CN(Cc2ccc(OC)cc2)c2cc(C)c(C(F)(F)F)c(-c3cc4ncnc5c4c(c3Cl)OCCN5[C@@H](C)c3cccnc3N)n2)cc1. The second kappa shape index (κ2) is 14.9. The minimum Gasteiger partial charge on any atom is -0.497 e. The Labute approximate surface area is 315 Å². The Kier molecular flexibility index (Phi) is 10.1. The van der Waals surface area contributed by atoms with Crippen molar-refractivity contribution in [2.75, 3.05) is 42.9 Å². The summed E-state index contributed by atoms with van der Waals surface area (Å²) >= 11 is 7.12. The van der Waals surface area contributed by atoms with Crippen molar-refractivity contribution in [3.63, 3.8) is 0 Å². The minimum absolute atomic E-state index is 0.0163. The quantitative estimate of drug-likeness (QED) is 0.146. The highest BCUT2D eigenvalue weighted by molar-refractivity contribution is 6.36. The third-order valence-electron chi connectivity index (χ3n) is 9.57. The summed E-state index contributed by atoms with van der Waals surface area (Å²) in [7, 11) is 3.17. The summed E-state index contributed by atoms with van der Waals surface area (Å²) in [6.07, 6.45) is -1.77. The minimum atomic E-state index is -4.76. The molecule has 3 aromatic carbocycles. The Morgan fingerprint density at radius 2 is 1.59 bits per heavy atom. The summed E-state index contributed by atoms with van der Waals surface area (Å²) < 4.78 is 62.1. The predicted molar refractivity (Wildman–Crippen MR) is 203 cm³/mol. The van der Waals surface area contributed by atoms with Gasteiger partial charge in [0.05, 0.1) is 54.0 Å². The molecule has 0 amide bonds. The van der Waals surface area contributed by atoms with Crippen LogP contribution in [0.15, 0.2) is 85.3 Å². The lowest BCUT2D eigenvalue weighted by molar-refractivity contribution is -0.137. The molecule has 1 atom stereocenters. The highest BCUT2D eigenvalue weighted by atomic mass is 35.5. The molecule has 0 bridgehead atoms. The maximum absolute atomic E-state index is 15.1. The number of anilines is 3. The van der Waals surface area contributed by atoms with Crippen LogP contribution in [0.1, 0.15) is 40.8 Å². The summed E-state index contributed by atoms with van der Waals surface area (Å²) in [4.78, 5) is 22.0. The third-order valence-corrected chi connectivity index (χ3v) is 9.95. The molecular formula is C40H37ClF3N7O3. The highest BCUT2D eigenvalue weighted by Gasteiger charge is 2.39. The second-order valence-corrected chi connectivity index (χ2v) is 13.3.